The van der Waals surface area contributed by atoms with E-state index in [2.05, 4.69) is 29.3 Å². The molecule has 1 aromatic rings. The summed E-state index contributed by atoms with van der Waals surface area (Å²) in [7, 11) is 0. The van der Waals surface area contributed by atoms with Gasteiger partial charge in [0.1, 0.15) is 0 Å². The van der Waals surface area contributed by atoms with E-state index in [1.54, 1.807) is 0 Å². The lowest BCUT2D eigenvalue weighted by molar-refractivity contribution is -0.00000505. The largest absolute Gasteiger partial charge is 1.00 e. The maximum absolute atomic E-state index is 5.80. The summed E-state index contributed by atoms with van der Waals surface area (Å²) in [5.41, 5.74) is 4.14. The minimum Gasteiger partial charge on any atom is -1.00 e. The van der Waals surface area contributed by atoms with Gasteiger partial charge in [0.25, 0.3) is 0 Å². The van der Waals surface area contributed by atoms with E-state index in [0.29, 0.717) is 0 Å². The van der Waals surface area contributed by atoms with Gasteiger partial charge in [-0.15, -0.1) is 5.10 Å². The minimum absolute atomic E-state index is 0. The molecule has 1 aromatic carbocycles. The van der Waals surface area contributed by atoms with Crippen molar-refractivity contribution in [2.24, 2.45) is 5.10 Å². The number of hydrogen-bond acceptors (Lipinski definition) is 4. The lowest BCUT2D eigenvalue weighted by atomic mass is 10.2. The summed E-state index contributed by atoms with van der Waals surface area (Å²) < 4.78 is 5.80. The van der Waals surface area contributed by atoms with E-state index in [0.717, 1.165) is 37.5 Å². The number of hydrazone groups is 1. The van der Waals surface area contributed by atoms with Crippen molar-refractivity contribution < 1.29 is 17.1 Å². The van der Waals surface area contributed by atoms with E-state index in [1.807, 2.05) is 30.3 Å². The van der Waals surface area contributed by atoms with E-state index < -0.39 is 0 Å². The molecular weight excluding hydrogens is 262 g/mol. The summed E-state index contributed by atoms with van der Waals surface area (Å²) in [5.74, 6) is 0.802. The van der Waals surface area contributed by atoms with Crippen molar-refractivity contribution in [3.8, 4) is 0 Å². The molecule has 4 nitrogen and oxygen atoms in total. The molecule has 19 heavy (non-hydrogen) atoms. The van der Waals surface area contributed by atoms with Crippen LogP contribution >= 0.6 is 0 Å². The van der Waals surface area contributed by atoms with Crippen LogP contribution in [0.1, 0.15) is 32.1 Å². The van der Waals surface area contributed by atoms with Crippen LogP contribution in [0.25, 0.3) is 0 Å². The van der Waals surface area contributed by atoms with Gasteiger partial charge < -0.3 is 22.0 Å². The fourth-order valence-corrected chi connectivity index (χ4v) is 2.00. The molecular formula is C14H21ClN3O-. The lowest BCUT2D eigenvalue weighted by Crippen LogP contribution is -3.00. The molecule has 0 radical (unpaired) electrons. The topological polar surface area (TPSA) is 36.9 Å². The molecule has 5 heteroatoms. The number of nitrogens with zero attached hydrogens (tertiary/aromatic N) is 2. The van der Waals surface area contributed by atoms with E-state index in [4.69, 9.17) is 4.74 Å². The highest BCUT2D eigenvalue weighted by atomic mass is 35.5. The molecule has 1 unspecified atom stereocenters. The first-order valence-electron chi connectivity index (χ1n) is 6.59. The Kier molecular flexibility index (Phi) is 6.67. The Morgan fingerprint density at radius 1 is 1.21 bits per heavy atom. The standard InChI is InChI=1S/C14H21N3O.ClH/c1-3-17(4-2)11-10-13-15-16-14(18-13)12-8-6-5-7-9-12;/h5-9,14,16H,3-4,10-11H2,1-2H3;1H/p-1. The second kappa shape index (κ2) is 8.02. The van der Waals surface area contributed by atoms with Crippen LogP contribution in [-0.4, -0.2) is 30.4 Å². The molecule has 0 aromatic heterocycles. The number of benzene rings is 1. The van der Waals surface area contributed by atoms with Gasteiger partial charge in [0.2, 0.25) is 12.1 Å². The number of rotatable bonds is 6. The van der Waals surface area contributed by atoms with Gasteiger partial charge in [-0.2, -0.15) is 0 Å². The van der Waals surface area contributed by atoms with E-state index in [-0.39, 0.29) is 18.6 Å². The predicted molar refractivity (Wildman–Crippen MR) is 73.2 cm³/mol. The third-order valence-corrected chi connectivity index (χ3v) is 3.20. The van der Waals surface area contributed by atoms with Crippen molar-refractivity contribution in [3.05, 3.63) is 35.9 Å². The van der Waals surface area contributed by atoms with Gasteiger partial charge in [-0.1, -0.05) is 44.2 Å². The zero-order valence-corrected chi connectivity index (χ0v) is 12.2. The van der Waals surface area contributed by atoms with E-state index >= 15 is 0 Å². The first kappa shape index (κ1) is 15.8. The third kappa shape index (κ3) is 4.40. The van der Waals surface area contributed by atoms with E-state index in [9.17, 15) is 0 Å². The van der Waals surface area contributed by atoms with Crippen LogP contribution in [0.15, 0.2) is 35.4 Å². The lowest BCUT2D eigenvalue weighted by Gasteiger charge is -2.17. The molecule has 0 saturated heterocycles. The summed E-state index contributed by atoms with van der Waals surface area (Å²) in [6.45, 7) is 7.48. The van der Waals surface area contributed by atoms with Gasteiger partial charge in [-0.05, 0) is 13.1 Å². The fourth-order valence-electron chi connectivity index (χ4n) is 2.00. The number of ether oxygens (including phenoxy) is 1. The Hall–Kier alpha value is -1.26. The smallest absolute Gasteiger partial charge is 0.212 e. The average Bonchev–Trinajstić information content (AvgIpc) is 2.90. The zero-order valence-electron chi connectivity index (χ0n) is 11.5. The van der Waals surface area contributed by atoms with Crippen molar-refractivity contribution in [2.75, 3.05) is 19.6 Å². The van der Waals surface area contributed by atoms with Crippen molar-refractivity contribution in [3.63, 3.8) is 0 Å². The van der Waals surface area contributed by atoms with E-state index in [1.165, 1.54) is 0 Å². The Balaban J connectivity index is 0.00000180. The van der Waals surface area contributed by atoms with Crippen LogP contribution in [0.4, 0.5) is 0 Å². The van der Waals surface area contributed by atoms with Crippen molar-refractivity contribution in [1.82, 2.24) is 10.3 Å². The average molecular weight is 283 g/mol. The van der Waals surface area contributed by atoms with Crippen molar-refractivity contribution in [1.29, 1.82) is 0 Å². The summed E-state index contributed by atoms with van der Waals surface area (Å²) in [6.07, 6.45) is 0.732. The molecule has 0 bridgehead atoms. The van der Waals surface area contributed by atoms with Crippen molar-refractivity contribution >= 4 is 5.90 Å². The number of hydrogen-bond donors (Lipinski definition) is 1. The summed E-state index contributed by atoms with van der Waals surface area (Å²) in [4.78, 5) is 2.36. The molecule has 1 aliphatic rings. The number of nitrogens with one attached hydrogen (secondary N) is 1. The zero-order chi connectivity index (χ0) is 12.8. The van der Waals surface area contributed by atoms with Crippen LogP contribution in [0.2, 0.25) is 0 Å². The maximum atomic E-state index is 5.80. The molecule has 1 heterocycles. The quantitative estimate of drug-likeness (QED) is 0.754. The second-order valence-electron chi connectivity index (χ2n) is 4.32. The Bertz CT molecular complexity index is 393. The fraction of sp³-hybridized carbons (Fsp3) is 0.500. The van der Waals surface area contributed by atoms with Crippen LogP contribution in [-0.2, 0) is 4.74 Å². The summed E-state index contributed by atoms with van der Waals surface area (Å²) in [5, 5.41) is 4.25. The summed E-state index contributed by atoms with van der Waals surface area (Å²) >= 11 is 0. The highest BCUT2D eigenvalue weighted by Gasteiger charge is 2.20. The van der Waals surface area contributed by atoms with Gasteiger partial charge in [0, 0.05) is 18.5 Å². The Morgan fingerprint density at radius 2 is 1.89 bits per heavy atom. The van der Waals surface area contributed by atoms with Gasteiger partial charge in [0.15, 0.2) is 0 Å². The number of halogens is 1. The Labute approximate surface area is 121 Å². The highest BCUT2D eigenvalue weighted by molar-refractivity contribution is 5.77. The molecule has 106 valence electrons. The molecule has 0 spiro atoms. The monoisotopic (exact) mass is 282 g/mol. The predicted octanol–water partition coefficient (Wildman–Crippen LogP) is -0.646. The van der Waals surface area contributed by atoms with Gasteiger partial charge in [-0.3, -0.25) is 5.43 Å². The maximum Gasteiger partial charge on any atom is 0.212 e. The SMILES string of the molecule is CCN(CC)CCC1=NNC(c2ccccc2)O1.[Cl-]. The minimum atomic E-state index is -0.127. The van der Waals surface area contributed by atoms with Gasteiger partial charge >= 0.3 is 0 Å². The third-order valence-electron chi connectivity index (χ3n) is 3.20. The molecule has 0 fully saturated rings. The Morgan fingerprint density at radius 3 is 2.53 bits per heavy atom. The first-order valence-corrected chi connectivity index (χ1v) is 6.59. The van der Waals surface area contributed by atoms with Crippen LogP contribution < -0.4 is 17.8 Å². The molecule has 0 saturated carbocycles. The van der Waals surface area contributed by atoms with Crippen LogP contribution in [0, 0.1) is 0 Å². The molecule has 1 N–H and O–H groups in total. The summed E-state index contributed by atoms with van der Waals surface area (Å²) in [6, 6.07) is 10.1. The molecule has 0 amide bonds. The molecule has 0 aliphatic carbocycles. The van der Waals surface area contributed by atoms with Gasteiger partial charge in [-0.25, -0.2) is 0 Å². The molecule has 1 atom stereocenters. The van der Waals surface area contributed by atoms with Crippen molar-refractivity contribution in [2.45, 2.75) is 26.5 Å². The van der Waals surface area contributed by atoms with Crippen LogP contribution in [0.3, 0.4) is 0 Å². The highest BCUT2D eigenvalue weighted by Crippen LogP contribution is 2.19. The first-order chi connectivity index (χ1) is 8.83. The van der Waals surface area contributed by atoms with Crippen LogP contribution in [0.5, 0.6) is 0 Å². The normalized spacial score (nSPS) is 17.4. The van der Waals surface area contributed by atoms with Gasteiger partial charge in [0.05, 0.1) is 0 Å². The molecule has 2 rings (SSSR count). The second-order valence-corrected chi connectivity index (χ2v) is 4.32. The molecule has 1 aliphatic heterocycles.